The second kappa shape index (κ2) is 12.3. The Hall–Kier alpha value is -3.36. The fourth-order valence-electron chi connectivity index (χ4n) is 4.62. The zero-order valence-electron chi connectivity index (χ0n) is 20.7. The van der Waals surface area contributed by atoms with Gasteiger partial charge in [0.2, 0.25) is 5.91 Å². The molecule has 0 aliphatic heterocycles. The van der Waals surface area contributed by atoms with E-state index in [9.17, 15) is 14.4 Å². The van der Waals surface area contributed by atoms with E-state index in [1.165, 1.54) is 18.4 Å². The number of methoxy groups -OCH3 is 1. The van der Waals surface area contributed by atoms with Crippen molar-refractivity contribution < 1.29 is 23.9 Å². The van der Waals surface area contributed by atoms with Crippen LogP contribution < -0.4 is 10.6 Å². The number of benzene rings is 2. The van der Waals surface area contributed by atoms with E-state index in [0.29, 0.717) is 29.2 Å². The molecule has 0 radical (unpaired) electrons. The highest BCUT2D eigenvalue weighted by molar-refractivity contribution is 7.14. The first kappa shape index (κ1) is 26.7. The molecule has 0 saturated heterocycles. The predicted molar refractivity (Wildman–Crippen MR) is 146 cm³/mol. The normalized spacial score (nSPS) is 17.9. The minimum absolute atomic E-state index is 0.170. The quantitative estimate of drug-likeness (QED) is 0.307. The summed E-state index contributed by atoms with van der Waals surface area (Å²) in [5.74, 6) is -1.30. The number of esters is 1. The van der Waals surface area contributed by atoms with Gasteiger partial charge in [-0.1, -0.05) is 54.8 Å². The van der Waals surface area contributed by atoms with E-state index in [2.05, 4.69) is 10.6 Å². The van der Waals surface area contributed by atoms with Crippen molar-refractivity contribution in [2.75, 3.05) is 17.7 Å². The molecule has 1 unspecified atom stereocenters. The number of carbonyl (C=O) groups excluding carboxylic acids is 3. The van der Waals surface area contributed by atoms with Crippen molar-refractivity contribution in [2.45, 2.75) is 38.7 Å². The molecule has 2 aromatic carbocycles. The van der Waals surface area contributed by atoms with Crippen molar-refractivity contribution in [1.29, 1.82) is 0 Å². The molecule has 0 bridgehead atoms. The van der Waals surface area contributed by atoms with Crippen molar-refractivity contribution in [2.24, 2.45) is 11.8 Å². The van der Waals surface area contributed by atoms with Crippen LogP contribution in [-0.4, -0.2) is 25.1 Å². The average Bonchev–Trinajstić information content (AvgIpc) is 3.36. The number of anilines is 2. The van der Waals surface area contributed by atoms with Gasteiger partial charge in [-0.2, -0.15) is 0 Å². The highest BCUT2D eigenvalue weighted by Crippen LogP contribution is 2.36. The van der Waals surface area contributed by atoms with Gasteiger partial charge in [-0.05, 0) is 55.0 Å². The summed E-state index contributed by atoms with van der Waals surface area (Å²) < 4.78 is 10.4. The Labute approximate surface area is 225 Å². The smallest absolute Gasteiger partial charge is 0.412 e. The molecule has 1 fully saturated rings. The van der Waals surface area contributed by atoms with E-state index in [0.717, 1.165) is 28.8 Å². The second-order valence-corrected chi connectivity index (χ2v) is 10.3. The molecule has 3 aromatic rings. The molecule has 1 aliphatic rings. The Morgan fingerprint density at radius 1 is 0.973 bits per heavy atom. The van der Waals surface area contributed by atoms with Crippen LogP contribution in [0.2, 0.25) is 5.02 Å². The lowest BCUT2D eigenvalue weighted by Gasteiger charge is -2.28. The van der Waals surface area contributed by atoms with Gasteiger partial charge in [0.15, 0.2) is 0 Å². The summed E-state index contributed by atoms with van der Waals surface area (Å²) in [6.45, 7) is 1.77. The predicted octanol–water partition coefficient (Wildman–Crippen LogP) is 7.30. The van der Waals surface area contributed by atoms with Gasteiger partial charge < -0.3 is 14.8 Å². The average molecular weight is 541 g/mol. The number of amides is 2. The van der Waals surface area contributed by atoms with Crippen LogP contribution in [0.25, 0.3) is 10.4 Å². The minimum Gasteiger partial charge on any atom is -0.469 e. The molecule has 1 aliphatic carbocycles. The van der Waals surface area contributed by atoms with Crippen LogP contribution in [0.3, 0.4) is 0 Å². The number of thiophene rings is 1. The van der Waals surface area contributed by atoms with Gasteiger partial charge in [0, 0.05) is 16.3 Å². The van der Waals surface area contributed by atoms with Crippen LogP contribution in [-0.2, 0) is 19.1 Å². The zero-order chi connectivity index (χ0) is 26.4. The van der Waals surface area contributed by atoms with Crippen LogP contribution in [0.5, 0.6) is 0 Å². The van der Waals surface area contributed by atoms with Gasteiger partial charge in [-0.3, -0.25) is 14.9 Å². The third kappa shape index (κ3) is 6.50. The first-order valence-corrected chi connectivity index (χ1v) is 13.4. The number of carbonyl (C=O) groups is 3. The largest absolute Gasteiger partial charge is 0.469 e. The lowest BCUT2D eigenvalue weighted by Crippen LogP contribution is -2.36. The number of nitrogens with one attached hydrogen (secondary N) is 2. The fraction of sp³-hybridized carbons (Fsp3) is 0.321. The second-order valence-electron chi connectivity index (χ2n) is 8.94. The van der Waals surface area contributed by atoms with E-state index in [1.807, 2.05) is 53.9 Å². The lowest BCUT2D eigenvalue weighted by molar-refractivity contribution is -0.151. The van der Waals surface area contributed by atoms with Crippen molar-refractivity contribution in [1.82, 2.24) is 0 Å². The SMILES string of the molecule is COC(=O)[C@@H]1CCCC[C@@H]1C(=O)Nc1ccc(-c2sccc2NC(=O)OC(C)c2ccccc2Cl)cc1. The zero-order valence-corrected chi connectivity index (χ0v) is 22.2. The maximum Gasteiger partial charge on any atom is 0.412 e. The molecule has 1 aromatic heterocycles. The van der Waals surface area contributed by atoms with Crippen molar-refractivity contribution >= 4 is 52.3 Å². The van der Waals surface area contributed by atoms with Crippen molar-refractivity contribution in [3.63, 3.8) is 0 Å². The summed E-state index contributed by atoms with van der Waals surface area (Å²) in [5, 5.41) is 8.17. The van der Waals surface area contributed by atoms with E-state index in [-0.39, 0.29) is 11.9 Å². The molecule has 7 nitrogen and oxygen atoms in total. The highest BCUT2D eigenvalue weighted by Gasteiger charge is 2.36. The fourth-order valence-corrected chi connectivity index (χ4v) is 5.77. The third-order valence-corrected chi connectivity index (χ3v) is 7.86. The van der Waals surface area contributed by atoms with Gasteiger partial charge in [-0.25, -0.2) is 4.79 Å². The molecule has 3 atom stereocenters. The van der Waals surface area contributed by atoms with E-state index in [1.54, 1.807) is 13.0 Å². The molecule has 2 amide bonds. The molecule has 194 valence electrons. The number of rotatable bonds is 7. The molecular formula is C28H29ClN2O5S. The summed E-state index contributed by atoms with van der Waals surface area (Å²) in [5.41, 5.74) is 2.88. The Bertz CT molecular complexity index is 1260. The van der Waals surface area contributed by atoms with Gasteiger partial charge in [-0.15, -0.1) is 11.3 Å². The third-order valence-electron chi connectivity index (χ3n) is 6.55. The van der Waals surface area contributed by atoms with Crippen LogP contribution in [0.1, 0.15) is 44.3 Å². The van der Waals surface area contributed by atoms with Gasteiger partial charge in [0.05, 0.1) is 29.5 Å². The maximum atomic E-state index is 12.9. The molecule has 2 N–H and O–H groups in total. The van der Waals surface area contributed by atoms with Crippen LogP contribution >= 0.6 is 22.9 Å². The van der Waals surface area contributed by atoms with Crippen LogP contribution in [0.15, 0.2) is 60.0 Å². The Morgan fingerprint density at radius 2 is 1.68 bits per heavy atom. The Balaban J connectivity index is 1.39. The Kier molecular flexibility index (Phi) is 8.84. The van der Waals surface area contributed by atoms with Gasteiger partial charge in [0.25, 0.3) is 0 Å². The minimum atomic E-state index is -0.580. The Morgan fingerprint density at radius 3 is 2.38 bits per heavy atom. The topological polar surface area (TPSA) is 93.7 Å². The molecule has 1 saturated carbocycles. The van der Waals surface area contributed by atoms with Gasteiger partial charge in [0.1, 0.15) is 6.10 Å². The number of ether oxygens (including phenoxy) is 2. The lowest BCUT2D eigenvalue weighted by atomic mass is 9.78. The monoisotopic (exact) mass is 540 g/mol. The van der Waals surface area contributed by atoms with Crippen molar-refractivity contribution in [3.05, 3.63) is 70.6 Å². The first-order valence-electron chi connectivity index (χ1n) is 12.2. The molecule has 4 rings (SSSR count). The summed E-state index contributed by atoms with van der Waals surface area (Å²) in [4.78, 5) is 38.4. The highest BCUT2D eigenvalue weighted by atomic mass is 35.5. The molecule has 37 heavy (non-hydrogen) atoms. The number of halogens is 1. The van der Waals surface area contributed by atoms with Crippen LogP contribution in [0, 0.1) is 11.8 Å². The molecule has 9 heteroatoms. The van der Waals surface area contributed by atoms with Crippen molar-refractivity contribution in [3.8, 4) is 10.4 Å². The summed E-state index contributed by atoms with van der Waals surface area (Å²) in [7, 11) is 1.36. The molecule has 1 heterocycles. The van der Waals surface area contributed by atoms with E-state index >= 15 is 0 Å². The summed E-state index contributed by atoms with van der Waals surface area (Å²) in [6.07, 6.45) is 2.07. The van der Waals surface area contributed by atoms with Crippen LogP contribution in [0.4, 0.5) is 16.2 Å². The van der Waals surface area contributed by atoms with E-state index in [4.69, 9.17) is 21.1 Å². The maximum absolute atomic E-state index is 12.9. The first-order chi connectivity index (χ1) is 17.9. The number of hydrogen-bond donors (Lipinski definition) is 2. The van der Waals surface area contributed by atoms with Gasteiger partial charge >= 0.3 is 12.1 Å². The number of hydrogen-bond acceptors (Lipinski definition) is 6. The van der Waals surface area contributed by atoms with E-state index < -0.39 is 24.0 Å². The molecule has 0 spiro atoms. The summed E-state index contributed by atoms with van der Waals surface area (Å²) in [6, 6.07) is 16.4. The standard InChI is InChI=1S/C28H29ClN2O5S/c1-17(20-7-5-6-10-23(20)29)36-28(34)31-24-15-16-37-25(24)18-11-13-19(14-12-18)30-26(32)21-8-3-4-9-22(21)27(33)35-2/h5-7,10-17,21-22H,3-4,8-9H2,1-2H3,(H,30,32)(H,31,34)/t17?,21-,22+/m0/s1. The summed E-state index contributed by atoms with van der Waals surface area (Å²) >= 11 is 7.69. The molecular weight excluding hydrogens is 512 g/mol.